The zero-order valence-electron chi connectivity index (χ0n) is 17.8. The lowest BCUT2D eigenvalue weighted by Gasteiger charge is -2.41. The lowest BCUT2D eigenvalue weighted by atomic mass is 9.83. The van der Waals surface area contributed by atoms with Crippen LogP contribution in [0.2, 0.25) is 0 Å². The molecule has 2 aliphatic rings. The summed E-state index contributed by atoms with van der Waals surface area (Å²) in [5, 5.41) is 13.4. The monoisotopic (exact) mass is 399 g/mol. The number of carbonyl (C=O) groups is 1. The van der Waals surface area contributed by atoms with Gasteiger partial charge in [-0.15, -0.1) is 11.8 Å². The van der Waals surface area contributed by atoms with Crippen LogP contribution in [0.25, 0.3) is 0 Å². The lowest BCUT2D eigenvalue weighted by Crippen LogP contribution is -2.34. The van der Waals surface area contributed by atoms with E-state index >= 15 is 0 Å². The van der Waals surface area contributed by atoms with Gasteiger partial charge in [0.05, 0.1) is 0 Å². The van der Waals surface area contributed by atoms with E-state index in [-0.39, 0.29) is 16.4 Å². The molecular weight excluding hydrogens is 366 g/mol. The van der Waals surface area contributed by atoms with E-state index in [4.69, 9.17) is 0 Å². The second-order valence-electron chi connectivity index (χ2n) is 8.84. The third-order valence-electron chi connectivity index (χ3n) is 6.25. The summed E-state index contributed by atoms with van der Waals surface area (Å²) in [4.78, 5) is 13.2. The van der Waals surface area contributed by atoms with Crippen molar-refractivity contribution in [3.63, 3.8) is 0 Å². The molecule has 3 nitrogen and oxygen atoms in total. The number of phenols is 1. The molecular formula is C24H33NO2S. The Kier molecular flexibility index (Phi) is 6.28. The maximum absolute atomic E-state index is 12.1. The summed E-state index contributed by atoms with van der Waals surface area (Å²) in [6, 6.07) is 1.66. The third kappa shape index (κ3) is 4.32. The highest BCUT2D eigenvalue weighted by Gasteiger charge is 2.40. The molecule has 0 saturated heterocycles. The predicted octanol–water partition coefficient (Wildman–Crippen LogP) is 6.15. The fraction of sp³-hybridized carbons (Fsp3) is 0.542. The van der Waals surface area contributed by atoms with Crippen LogP contribution in [0.1, 0.15) is 81.8 Å². The van der Waals surface area contributed by atoms with Crippen LogP contribution in [-0.4, -0.2) is 15.8 Å². The van der Waals surface area contributed by atoms with Crippen LogP contribution >= 0.6 is 11.8 Å². The van der Waals surface area contributed by atoms with Gasteiger partial charge in [0.2, 0.25) is 0 Å². The van der Waals surface area contributed by atoms with Gasteiger partial charge in [-0.2, -0.15) is 0 Å². The van der Waals surface area contributed by atoms with Crippen molar-refractivity contribution in [3.8, 4) is 5.75 Å². The normalized spacial score (nSPS) is 23.8. The van der Waals surface area contributed by atoms with Crippen molar-refractivity contribution in [3.05, 3.63) is 46.1 Å². The van der Waals surface area contributed by atoms with Crippen LogP contribution in [0.4, 0.5) is 0 Å². The standard InChI is InChI=1S/C24H33NO2S/c1-15(2)8-6-9-16(3)10-7-11-24(5)17(4)12-19-21(26)13-18-20(22(19)28-24)14-25-23(18)27/h8,10,13,17,26H,6-7,9,11-12,14H2,1-5H3,(H,25,27)/b16-10+. The number of allylic oxidation sites excluding steroid dienone is 4. The van der Waals surface area contributed by atoms with Crippen molar-refractivity contribution >= 4 is 17.7 Å². The van der Waals surface area contributed by atoms with Crippen LogP contribution in [-0.2, 0) is 13.0 Å². The fourth-order valence-electron chi connectivity index (χ4n) is 4.14. The molecule has 2 N–H and O–H groups in total. The summed E-state index contributed by atoms with van der Waals surface area (Å²) in [5.41, 5.74) is 5.60. The molecule has 0 aromatic heterocycles. The number of phenolic OH excluding ortho intramolecular Hbond substituents is 1. The minimum absolute atomic E-state index is 0.0658. The second-order valence-corrected chi connectivity index (χ2v) is 10.4. The summed E-state index contributed by atoms with van der Waals surface area (Å²) in [6.45, 7) is 11.7. The molecule has 2 unspecified atom stereocenters. The summed E-state index contributed by atoms with van der Waals surface area (Å²) in [5.74, 6) is 0.685. The highest BCUT2D eigenvalue weighted by Crippen LogP contribution is 2.53. The van der Waals surface area contributed by atoms with E-state index in [0.29, 0.717) is 18.0 Å². The van der Waals surface area contributed by atoms with Gasteiger partial charge >= 0.3 is 0 Å². The SMILES string of the molecule is CC(C)=CCC/C(C)=C/CCC1(C)Sc2c(c(O)cc3c2CNC3=O)CC1C. The van der Waals surface area contributed by atoms with E-state index in [0.717, 1.165) is 48.1 Å². The van der Waals surface area contributed by atoms with Gasteiger partial charge in [-0.25, -0.2) is 0 Å². The Morgan fingerprint density at radius 3 is 2.75 bits per heavy atom. The molecule has 2 atom stereocenters. The summed E-state index contributed by atoms with van der Waals surface area (Å²) in [7, 11) is 0. The topological polar surface area (TPSA) is 49.3 Å². The van der Waals surface area contributed by atoms with Crippen LogP contribution in [0.15, 0.2) is 34.3 Å². The first-order valence-corrected chi connectivity index (χ1v) is 11.2. The molecule has 1 amide bonds. The highest BCUT2D eigenvalue weighted by molar-refractivity contribution is 8.00. The Hall–Kier alpha value is -1.68. The van der Waals surface area contributed by atoms with Crippen molar-refractivity contribution in [2.24, 2.45) is 5.92 Å². The van der Waals surface area contributed by atoms with Gasteiger partial charge in [-0.05, 0) is 77.3 Å². The maximum atomic E-state index is 12.1. The molecule has 0 bridgehead atoms. The average molecular weight is 400 g/mol. The third-order valence-corrected chi connectivity index (χ3v) is 8.02. The van der Waals surface area contributed by atoms with Crippen molar-refractivity contribution in [1.29, 1.82) is 0 Å². The molecule has 2 aliphatic heterocycles. The van der Waals surface area contributed by atoms with Gasteiger partial charge in [0.25, 0.3) is 5.91 Å². The molecule has 1 aromatic carbocycles. The molecule has 28 heavy (non-hydrogen) atoms. The van der Waals surface area contributed by atoms with E-state index in [2.05, 4.69) is 52.1 Å². The van der Waals surface area contributed by atoms with E-state index in [9.17, 15) is 9.90 Å². The number of benzene rings is 1. The largest absolute Gasteiger partial charge is 0.508 e. The van der Waals surface area contributed by atoms with E-state index < -0.39 is 0 Å². The summed E-state index contributed by atoms with van der Waals surface area (Å²) in [6.07, 6.45) is 9.98. The second kappa shape index (κ2) is 8.36. The average Bonchev–Trinajstić information content (AvgIpc) is 2.97. The molecule has 0 spiro atoms. The van der Waals surface area contributed by atoms with Crippen LogP contribution in [0, 0.1) is 5.92 Å². The van der Waals surface area contributed by atoms with Gasteiger partial charge in [0.15, 0.2) is 0 Å². The summed E-state index contributed by atoms with van der Waals surface area (Å²) >= 11 is 1.87. The Morgan fingerprint density at radius 1 is 1.29 bits per heavy atom. The number of aromatic hydroxyl groups is 1. The Labute approximate surface area is 173 Å². The zero-order chi connectivity index (χ0) is 20.5. The van der Waals surface area contributed by atoms with Gasteiger partial charge in [0.1, 0.15) is 5.75 Å². The number of hydrogen-bond donors (Lipinski definition) is 2. The zero-order valence-corrected chi connectivity index (χ0v) is 18.6. The molecule has 152 valence electrons. The van der Waals surface area contributed by atoms with Gasteiger partial charge in [-0.3, -0.25) is 4.79 Å². The summed E-state index contributed by atoms with van der Waals surface area (Å²) < 4.78 is 0.108. The molecule has 2 heterocycles. The number of fused-ring (bicyclic) bond motifs is 3. The number of carbonyl (C=O) groups excluding carboxylic acids is 1. The Bertz CT molecular complexity index is 835. The number of thioether (sulfide) groups is 1. The first kappa shape index (κ1) is 21.0. The number of amides is 1. The van der Waals surface area contributed by atoms with Crippen molar-refractivity contribution in [2.45, 2.75) is 82.9 Å². The van der Waals surface area contributed by atoms with E-state index in [1.807, 2.05) is 11.8 Å². The van der Waals surface area contributed by atoms with Crippen LogP contribution in [0.5, 0.6) is 5.75 Å². The Morgan fingerprint density at radius 2 is 2.04 bits per heavy atom. The molecule has 3 rings (SSSR count). The Balaban J connectivity index is 1.73. The molecule has 0 aliphatic carbocycles. The number of rotatable bonds is 6. The minimum atomic E-state index is -0.0658. The van der Waals surface area contributed by atoms with E-state index in [1.54, 1.807) is 6.07 Å². The number of nitrogens with one attached hydrogen (secondary N) is 1. The first-order valence-electron chi connectivity index (χ1n) is 10.3. The van der Waals surface area contributed by atoms with E-state index in [1.165, 1.54) is 11.1 Å². The molecule has 4 heteroatoms. The molecule has 0 saturated carbocycles. The van der Waals surface area contributed by atoms with Crippen molar-refractivity contribution in [1.82, 2.24) is 5.32 Å². The smallest absolute Gasteiger partial charge is 0.252 e. The fourth-order valence-corrected chi connectivity index (χ4v) is 5.73. The van der Waals surface area contributed by atoms with Crippen LogP contribution < -0.4 is 5.32 Å². The number of hydrogen-bond acceptors (Lipinski definition) is 3. The van der Waals surface area contributed by atoms with Crippen molar-refractivity contribution < 1.29 is 9.90 Å². The lowest BCUT2D eigenvalue weighted by molar-refractivity contribution is 0.0965. The van der Waals surface area contributed by atoms with Gasteiger partial charge < -0.3 is 10.4 Å². The van der Waals surface area contributed by atoms with Gasteiger partial charge in [-0.1, -0.05) is 30.2 Å². The van der Waals surface area contributed by atoms with Crippen LogP contribution in [0.3, 0.4) is 0 Å². The quantitative estimate of drug-likeness (QED) is 0.564. The molecule has 1 aromatic rings. The highest BCUT2D eigenvalue weighted by atomic mass is 32.2. The minimum Gasteiger partial charge on any atom is -0.508 e. The predicted molar refractivity (Wildman–Crippen MR) is 118 cm³/mol. The first-order chi connectivity index (χ1) is 13.2. The molecule has 0 radical (unpaired) electrons. The van der Waals surface area contributed by atoms with Crippen molar-refractivity contribution in [2.75, 3.05) is 0 Å². The maximum Gasteiger partial charge on any atom is 0.252 e. The van der Waals surface area contributed by atoms with Gasteiger partial charge in [0, 0.05) is 27.3 Å². The molecule has 0 fully saturated rings.